The highest BCUT2D eigenvalue weighted by Gasteiger charge is 2.13. The Kier molecular flexibility index (Phi) is 5.80. The van der Waals surface area contributed by atoms with Crippen LogP contribution in [0.4, 0.5) is 5.69 Å². The summed E-state index contributed by atoms with van der Waals surface area (Å²) < 4.78 is 10.8. The molecule has 0 spiro atoms. The molecule has 1 N–H and O–H groups in total. The summed E-state index contributed by atoms with van der Waals surface area (Å²) in [6.45, 7) is 2.01. The molecule has 0 aliphatic carbocycles. The largest absolute Gasteiger partial charge is 0.495 e. The number of nitrogens with one attached hydrogen (secondary N) is 1. The summed E-state index contributed by atoms with van der Waals surface area (Å²) >= 11 is 7.11. The minimum absolute atomic E-state index is 0.116. The molecule has 0 atom stereocenters. The number of thioether (sulfide) groups is 1. The molecular weight excluding hydrogens is 374 g/mol. The summed E-state index contributed by atoms with van der Waals surface area (Å²) in [5.74, 6) is 0.841. The van der Waals surface area contributed by atoms with Crippen molar-refractivity contribution in [2.75, 3.05) is 18.2 Å². The van der Waals surface area contributed by atoms with Crippen LogP contribution in [0.5, 0.6) is 5.75 Å². The number of hydrogen-bond acceptors (Lipinski definition) is 6. The average molecular weight is 390 g/mol. The van der Waals surface area contributed by atoms with Gasteiger partial charge in [-0.2, -0.15) is 0 Å². The van der Waals surface area contributed by atoms with Crippen molar-refractivity contribution in [2.24, 2.45) is 0 Å². The zero-order valence-corrected chi connectivity index (χ0v) is 15.7. The lowest BCUT2D eigenvalue weighted by Gasteiger charge is -2.09. The van der Waals surface area contributed by atoms with Crippen LogP contribution < -0.4 is 10.1 Å². The molecule has 6 nitrogen and oxygen atoms in total. The Morgan fingerprint density at radius 1 is 1.23 bits per heavy atom. The van der Waals surface area contributed by atoms with Crippen molar-refractivity contribution in [2.45, 2.75) is 12.1 Å². The number of benzene rings is 2. The molecule has 26 heavy (non-hydrogen) atoms. The second kappa shape index (κ2) is 8.25. The van der Waals surface area contributed by atoms with Crippen molar-refractivity contribution in [1.29, 1.82) is 0 Å². The highest BCUT2D eigenvalue weighted by molar-refractivity contribution is 7.99. The van der Waals surface area contributed by atoms with Gasteiger partial charge in [-0.25, -0.2) is 0 Å². The van der Waals surface area contributed by atoms with E-state index in [1.807, 2.05) is 31.2 Å². The number of aryl methyl sites for hydroxylation is 1. The van der Waals surface area contributed by atoms with Crippen LogP contribution in [0, 0.1) is 6.92 Å². The van der Waals surface area contributed by atoms with Gasteiger partial charge in [-0.3, -0.25) is 4.79 Å². The minimum atomic E-state index is -0.231. The summed E-state index contributed by atoms with van der Waals surface area (Å²) in [5, 5.41) is 11.6. The molecule has 0 bridgehead atoms. The van der Waals surface area contributed by atoms with Gasteiger partial charge in [0.15, 0.2) is 0 Å². The van der Waals surface area contributed by atoms with Gasteiger partial charge in [0.1, 0.15) is 5.75 Å². The van der Waals surface area contributed by atoms with Crippen molar-refractivity contribution < 1.29 is 13.9 Å². The van der Waals surface area contributed by atoms with Crippen LogP contribution in [0.25, 0.3) is 11.5 Å². The lowest BCUT2D eigenvalue weighted by atomic mass is 10.1. The van der Waals surface area contributed by atoms with Gasteiger partial charge in [-0.15, -0.1) is 10.2 Å². The molecule has 1 heterocycles. The monoisotopic (exact) mass is 389 g/mol. The fraction of sp³-hybridized carbons (Fsp3) is 0.167. The van der Waals surface area contributed by atoms with Gasteiger partial charge >= 0.3 is 0 Å². The normalized spacial score (nSPS) is 10.6. The Balaban J connectivity index is 1.60. The van der Waals surface area contributed by atoms with Gasteiger partial charge < -0.3 is 14.5 Å². The molecule has 0 aliphatic heterocycles. The van der Waals surface area contributed by atoms with E-state index >= 15 is 0 Å². The molecule has 0 radical (unpaired) electrons. The fourth-order valence-electron chi connectivity index (χ4n) is 2.17. The number of methoxy groups -OCH3 is 1. The number of carbonyl (C=O) groups is 1. The summed E-state index contributed by atoms with van der Waals surface area (Å²) in [6.07, 6.45) is 0. The van der Waals surface area contributed by atoms with Crippen LogP contribution in [0.3, 0.4) is 0 Å². The lowest BCUT2D eigenvalue weighted by Crippen LogP contribution is -2.14. The Morgan fingerprint density at radius 2 is 2.00 bits per heavy atom. The quantitative estimate of drug-likeness (QED) is 0.628. The maximum atomic E-state index is 12.2. The van der Waals surface area contributed by atoms with E-state index in [1.54, 1.807) is 18.2 Å². The number of rotatable bonds is 6. The molecule has 1 amide bonds. The average Bonchev–Trinajstić information content (AvgIpc) is 3.10. The highest BCUT2D eigenvalue weighted by Crippen LogP contribution is 2.28. The first kappa shape index (κ1) is 18.3. The topological polar surface area (TPSA) is 77.2 Å². The number of ether oxygens (including phenoxy) is 1. The number of halogens is 1. The van der Waals surface area contributed by atoms with E-state index in [-0.39, 0.29) is 11.7 Å². The summed E-state index contributed by atoms with van der Waals surface area (Å²) in [5.41, 5.74) is 2.50. The van der Waals surface area contributed by atoms with Crippen molar-refractivity contribution in [1.82, 2.24) is 10.2 Å². The highest BCUT2D eigenvalue weighted by atomic mass is 35.5. The molecule has 0 fully saturated rings. The number of carbonyl (C=O) groups excluding carboxylic acids is 1. The maximum Gasteiger partial charge on any atom is 0.277 e. The Hall–Kier alpha value is -2.51. The van der Waals surface area contributed by atoms with Crippen molar-refractivity contribution in [3.05, 3.63) is 53.1 Å². The van der Waals surface area contributed by atoms with E-state index in [4.69, 9.17) is 20.8 Å². The van der Waals surface area contributed by atoms with Gasteiger partial charge in [-0.1, -0.05) is 41.1 Å². The minimum Gasteiger partial charge on any atom is -0.495 e. The van der Waals surface area contributed by atoms with Crippen LogP contribution in [-0.4, -0.2) is 29.0 Å². The predicted molar refractivity (Wildman–Crippen MR) is 102 cm³/mol. The van der Waals surface area contributed by atoms with E-state index in [1.165, 1.54) is 7.11 Å². The Bertz CT molecular complexity index is 912. The van der Waals surface area contributed by atoms with Crippen LogP contribution in [0.15, 0.2) is 52.1 Å². The number of hydrogen-bond donors (Lipinski definition) is 1. The molecule has 134 valence electrons. The smallest absolute Gasteiger partial charge is 0.277 e. The molecule has 0 saturated carbocycles. The van der Waals surface area contributed by atoms with Crippen molar-refractivity contribution in [3.63, 3.8) is 0 Å². The molecular formula is C18H16ClN3O3S. The molecule has 0 saturated heterocycles. The van der Waals surface area contributed by atoms with E-state index in [0.29, 0.717) is 27.6 Å². The zero-order valence-electron chi connectivity index (χ0n) is 14.2. The zero-order chi connectivity index (χ0) is 18.5. The number of aromatic nitrogens is 2. The van der Waals surface area contributed by atoms with Crippen LogP contribution in [0.1, 0.15) is 5.56 Å². The van der Waals surface area contributed by atoms with Gasteiger partial charge in [0.25, 0.3) is 5.22 Å². The van der Waals surface area contributed by atoms with E-state index < -0.39 is 0 Å². The van der Waals surface area contributed by atoms with Gasteiger partial charge in [-0.05, 0) is 37.3 Å². The third-order valence-corrected chi connectivity index (χ3v) is 4.52. The third-order valence-electron chi connectivity index (χ3n) is 3.47. The lowest BCUT2D eigenvalue weighted by molar-refractivity contribution is -0.113. The first-order valence-electron chi connectivity index (χ1n) is 7.72. The molecule has 3 rings (SSSR count). The summed E-state index contributed by atoms with van der Waals surface area (Å²) in [7, 11) is 1.53. The molecule has 1 aromatic heterocycles. The van der Waals surface area contributed by atoms with Crippen LogP contribution >= 0.6 is 23.4 Å². The number of amides is 1. The second-order valence-corrected chi connectivity index (χ2v) is 6.78. The van der Waals surface area contributed by atoms with Crippen molar-refractivity contribution >= 4 is 35.0 Å². The Labute approximate surface area is 159 Å². The summed E-state index contributed by atoms with van der Waals surface area (Å²) in [4.78, 5) is 12.2. The molecule has 0 unspecified atom stereocenters. The van der Waals surface area contributed by atoms with E-state index in [9.17, 15) is 4.79 Å². The molecule has 8 heteroatoms. The van der Waals surface area contributed by atoms with Crippen LogP contribution in [0.2, 0.25) is 5.02 Å². The fourth-order valence-corrected chi connectivity index (χ4v) is 2.91. The molecule has 2 aromatic carbocycles. The van der Waals surface area contributed by atoms with E-state index in [2.05, 4.69) is 15.5 Å². The van der Waals surface area contributed by atoms with E-state index in [0.717, 1.165) is 22.9 Å². The predicted octanol–water partition coefficient (Wildman–Crippen LogP) is 4.44. The van der Waals surface area contributed by atoms with Gasteiger partial charge in [0, 0.05) is 10.6 Å². The molecule has 0 aliphatic rings. The first-order chi connectivity index (χ1) is 12.5. The summed E-state index contributed by atoms with van der Waals surface area (Å²) in [6, 6.07) is 12.8. The Morgan fingerprint density at radius 3 is 2.73 bits per heavy atom. The standard InChI is InChI=1S/C18H16ClN3O3S/c1-11-3-5-12(6-4-11)17-21-22-18(25-17)26-10-16(23)20-14-9-13(19)7-8-15(14)24-2/h3-9H,10H2,1-2H3,(H,20,23). The first-order valence-corrected chi connectivity index (χ1v) is 9.08. The van der Waals surface area contributed by atoms with Crippen LogP contribution in [-0.2, 0) is 4.79 Å². The number of anilines is 1. The SMILES string of the molecule is COc1ccc(Cl)cc1NC(=O)CSc1nnc(-c2ccc(C)cc2)o1. The van der Waals surface area contributed by atoms with Crippen molar-refractivity contribution in [3.8, 4) is 17.2 Å². The van der Waals surface area contributed by atoms with Gasteiger partial charge in [0.2, 0.25) is 11.8 Å². The number of nitrogens with zero attached hydrogens (tertiary/aromatic N) is 2. The maximum absolute atomic E-state index is 12.2. The van der Waals surface area contributed by atoms with Gasteiger partial charge in [0.05, 0.1) is 18.6 Å². The second-order valence-electron chi connectivity index (χ2n) is 5.42. The molecule has 3 aromatic rings. The third kappa shape index (κ3) is 4.56.